The number of anilines is 2. The number of rotatable bonds is 4. The lowest BCUT2D eigenvalue weighted by molar-refractivity contribution is 0.101. The second kappa shape index (κ2) is 5.63. The minimum Gasteiger partial charge on any atom is -0.355 e. The fraction of sp³-hybridized carbons (Fsp3) is 0.133. The molecule has 0 atom stereocenters. The molecule has 0 aliphatic rings. The Morgan fingerprint density at radius 3 is 2.68 bits per heavy atom. The van der Waals surface area contributed by atoms with Gasteiger partial charge in [0, 0.05) is 29.0 Å². The predicted molar refractivity (Wildman–Crippen MR) is 74.0 cm³/mol. The summed E-state index contributed by atoms with van der Waals surface area (Å²) in [7, 11) is 0. The Morgan fingerprint density at radius 1 is 1.26 bits per heavy atom. The van der Waals surface area contributed by atoms with Gasteiger partial charge in [0.2, 0.25) is 0 Å². The van der Waals surface area contributed by atoms with Crippen molar-refractivity contribution in [2.45, 2.75) is 13.5 Å². The first-order chi connectivity index (χ1) is 9.11. The summed E-state index contributed by atoms with van der Waals surface area (Å²) in [5.74, 6) is -0.350. The monoisotopic (exact) mass is 258 g/mol. The van der Waals surface area contributed by atoms with Crippen molar-refractivity contribution in [2.24, 2.45) is 5.73 Å². The van der Waals surface area contributed by atoms with E-state index in [9.17, 15) is 9.18 Å². The Bertz CT molecular complexity index is 611. The molecule has 2 aromatic rings. The number of halogens is 1. The van der Waals surface area contributed by atoms with Crippen LogP contribution in [0.3, 0.4) is 0 Å². The minimum atomic E-state index is -0.338. The van der Waals surface area contributed by atoms with E-state index in [0.717, 1.165) is 5.69 Å². The van der Waals surface area contributed by atoms with Crippen LogP contribution in [0.2, 0.25) is 0 Å². The van der Waals surface area contributed by atoms with Gasteiger partial charge in [0.15, 0.2) is 5.78 Å². The molecular formula is C15H15FN2O. The Hall–Kier alpha value is -2.20. The molecule has 0 radical (unpaired) electrons. The largest absolute Gasteiger partial charge is 0.355 e. The van der Waals surface area contributed by atoms with Gasteiger partial charge in [-0.25, -0.2) is 4.39 Å². The fourth-order valence-corrected chi connectivity index (χ4v) is 1.85. The topological polar surface area (TPSA) is 55.1 Å². The number of Topliss-reactive ketones (excluding diaryl/α,β-unsaturated/α-hetero) is 1. The SMILES string of the molecule is CC(=O)c1cccc(Nc2cccc(F)c2CN)c1. The molecule has 0 aliphatic carbocycles. The van der Waals surface area contributed by atoms with Crippen LogP contribution in [0.4, 0.5) is 15.8 Å². The average molecular weight is 258 g/mol. The number of nitrogens with one attached hydrogen (secondary N) is 1. The second-order valence-electron chi connectivity index (χ2n) is 4.23. The van der Waals surface area contributed by atoms with E-state index in [1.807, 2.05) is 6.07 Å². The highest BCUT2D eigenvalue weighted by molar-refractivity contribution is 5.95. The molecule has 0 aliphatic heterocycles. The third-order valence-electron chi connectivity index (χ3n) is 2.87. The van der Waals surface area contributed by atoms with E-state index in [2.05, 4.69) is 5.32 Å². The van der Waals surface area contributed by atoms with Gasteiger partial charge < -0.3 is 11.1 Å². The molecule has 0 amide bonds. The number of hydrogen-bond donors (Lipinski definition) is 2. The Labute approximate surface area is 111 Å². The number of ketones is 1. The van der Waals surface area contributed by atoms with E-state index in [4.69, 9.17) is 5.73 Å². The summed E-state index contributed by atoms with van der Waals surface area (Å²) in [4.78, 5) is 11.3. The molecule has 0 spiro atoms. The molecule has 19 heavy (non-hydrogen) atoms. The molecule has 4 heteroatoms. The van der Waals surface area contributed by atoms with Gasteiger partial charge in [-0.2, -0.15) is 0 Å². The van der Waals surface area contributed by atoms with Crippen LogP contribution >= 0.6 is 0 Å². The third-order valence-corrected chi connectivity index (χ3v) is 2.87. The van der Waals surface area contributed by atoms with Crippen LogP contribution in [0, 0.1) is 5.82 Å². The second-order valence-corrected chi connectivity index (χ2v) is 4.23. The lowest BCUT2D eigenvalue weighted by Gasteiger charge is -2.12. The third kappa shape index (κ3) is 2.98. The van der Waals surface area contributed by atoms with Crippen molar-refractivity contribution in [3.05, 3.63) is 59.4 Å². The molecule has 0 aromatic heterocycles. The van der Waals surface area contributed by atoms with Crippen molar-refractivity contribution >= 4 is 17.2 Å². The number of carbonyl (C=O) groups is 1. The van der Waals surface area contributed by atoms with E-state index in [-0.39, 0.29) is 18.1 Å². The van der Waals surface area contributed by atoms with Crippen molar-refractivity contribution in [1.82, 2.24) is 0 Å². The fourth-order valence-electron chi connectivity index (χ4n) is 1.85. The van der Waals surface area contributed by atoms with E-state index >= 15 is 0 Å². The van der Waals surface area contributed by atoms with E-state index < -0.39 is 0 Å². The molecular weight excluding hydrogens is 243 g/mol. The first-order valence-corrected chi connectivity index (χ1v) is 5.97. The van der Waals surface area contributed by atoms with Gasteiger partial charge in [0.25, 0.3) is 0 Å². The Kier molecular flexibility index (Phi) is 3.92. The van der Waals surface area contributed by atoms with Gasteiger partial charge in [-0.3, -0.25) is 4.79 Å². The summed E-state index contributed by atoms with van der Waals surface area (Å²) in [6.45, 7) is 1.62. The number of hydrogen-bond acceptors (Lipinski definition) is 3. The summed E-state index contributed by atoms with van der Waals surface area (Å²) in [5, 5.41) is 3.09. The molecule has 2 rings (SSSR count). The average Bonchev–Trinajstić information content (AvgIpc) is 2.39. The molecule has 0 fully saturated rings. The maximum atomic E-state index is 13.6. The number of nitrogens with two attached hydrogens (primary N) is 1. The molecule has 3 N–H and O–H groups in total. The van der Waals surface area contributed by atoms with Crippen molar-refractivity contribution in [1.29, 1.82) is 0 Å². The van der Waals surface area contributed by atoms with Crippen molar-refractivity contribution < 1.29 is 9.18 Å². The quantitative estimate of drug-likeness (QED) is 0.828. The molecule has 3 nitrogen and oxygen atoms in total. The number of benzene rings is 2. The van der Waals surface area contributed by atoms with Crippen LogP contribution in [0.1, 0.15) is 22.8 Å². The molecule has 0 bridgehead atoms. The zero-order chi connectivity index (χ0) is 13.8. The molecule has 2 aromatic carbocycles. The van der Waals surface area contributed by atoms with Gasteiger partial charge in [0.05, 0.1) is 0 Å². The van der Waals surface area contributed by atoms with Gasteiger partial charge in [0.1, 0.15) is 5.82 Å². The molecule has 0 saturated carbocycles. The standard InChI is InChI=1S/C15H15FN2O/c1-10(19)11-4-2-5-12(8-11)18-15-7-3-6-14(16)13(15)9-17/h2-8,18H,9,17H2,1H3. The van der Waals surface area contributed by atoms with Crippen LogP contribution < -0.4 is 11.1 Å². The summed E-state index contributed by atoms with van der Waals surface area (Å²) in [6.07, 6.45) is 0. The summed E-state index contributed by atoms with van der Waals surface area (Å²) < 4.78 is 13.6. The highest BCUT2D eigenvalue weighted by atomic mass is 19.1. The van der Waals surface area contributed by atoms with E-state index in [1.54, 1.807) is 30.3 Å². The van der Waals surface area contributed by atoms with E-state index in [0.29, 0.717) is 16.8 Å². The summed E-state index contributed by atoms with van der Waals surface area (Å²) >= 11 is 0. The van der Waals surface area contributed by atoms with E-state index in [1.165, 1.54) is 13.0 Å². The van der Waals surface area contributed by atoms with Crippen molar-refractivity contribution in [3.63, 3.8) is 0 Å². The zero-order valence-electron chi connectivity index (χ0n) is 10.6. The van der Waals surface area contributed by atoms with Crippen LogP contribution in [-0.4, -0.2) is 5.78 Å². The molecule has 0 unspecified atom stereocenters. The normalized spacial score (nSPS) is 10.3. The molecule has 0 saturated heterocycles. The lowest BCUT2D eigenvalue weighted by atomic mass is 10.1. The van der Waals surface area contributed by atoms with Gasteiger partial charge in [-0.1, -0.05) is 18.2 Å². The highest BCUT2D eigenvalue weighted by Gasteiger charge is 2.07. The molecule has 98 valence electrons. The number of carbonyl (C=O) groups excluding carboxylic acids is 1. The first kappa shape index (κ1) is 13.2. The zero-order valence-corrected chi connectivity index (χ0v) is 10.6. The molecule has 0 heterocycles. The highest BCUT2D eigenvalue weighted by Crippen LogP contribution is 2.23. The van der Waals surface area contributed by atoms with Crippen molar-refractivity contribution in [2.75, 3.05) is 5.32 Å². The van der Waals surface area contributed by atoms with Crippen molar-refractivity contribution in [3.8, 4) is 0 Å². The Morgan fingerprint density at radius 2 is 2.00 bits per heavy atom. The summed E-state index contributed by atoms with van der Waals surface area (Å²) in [5.41, 5.74) is 7.93. The van der Waals surface area contributed by atoms with Gasteiger partial charge >= 0.3 is 0 Å². The van der Waals surface area contributed by atoms with Gasteiger partial charge in [-0.05, 0) is 31.2 Å². The van der Waals surface area contributed by atoms with Crippen LogP contribution in [-0.2, 0) is 6.54 Å². The summed E-state index contributed by atoms with van der Waals surface area (Å²) in [6, 6.07) is 11.8. The first-order valence-electron chi connectivity index (χ1n) is 5.97. The predicted octanol–water partition coefficient (Wildman–Crippen LogP) is 3.23. The van der Waals surface area contributed by atoms with Crippen LogP contribution in [0.15, 0.2) is 42.5 Å². The minimum absolute atomic E-state index is 0.0121. The maximum Gasteiger partial charge on any atom is 0.159 e. The lowest BCUT2D eigenvalue weighted by Crippen LogP contribution is -2.05. The smallest absolute Gasteiger partial charge is 0.159 e. The van der Waals surface area contributed by atoms with Gasteiger partial charge in [-0.15, -0.1) is 0 Å². The van der Waals surface area contributed by atoms with Crippen LogP contribution in [0.25, 0.3) is 0 Å². The Balaban J connectivity index is 2.33. The van der Waals surface area contributed by atoms with Crippen LogP contribution in [0.5, 0.6) is 0 Å². The maximum absolute atomic E-state index is 13.6.